The summed E-state index contributed by atoms with van der Waals surface area (Å²) >= 11 is 0. The number of nitrogens with two attached hydrogens (primary N) is 1. The van der Waals surface area contributed by atoms with Gasteiger partial charge in [-0.25, -0.2) is 0 Å². The summed E-state index contributed by atoms with van der Waals surface area (Å²) in [6, 6.07) is 4.79. The zero-order valence-electron chi connectivity index (χ0n) is 19.5. The van der Waals surface area contributed by atoms with E-state index in [-0.39, 0.29) is 24.8 Å². The van der Waals surface area contributed by atoms with E-state index >= 15 is 0 Å². The lowest BCUT2D eigenvalue weighted by Crippen LogP contribution is -2.52. The molecule has 0 aromatic heterocycles. The third kappa shape index (κ3) is 7.21. The first-order valence-electron chi connectivity index (χ1n) is 11.6. The van der Waals surface area contributed by atoms with Crippen LogP contribution in [-0.4, -0.2) is 87.7 Å². The van der Waals surface area contributed by atoms with Crippen molar-refractivity contribution >= 4 is 23.4 Å². The Kier molecular flexibility index (Phi) is 10.2. The normalized spacial score (nSPS) is 18.7. The highest BCUT2D eigenvalue weighted by atomic mass is 16.6. The van der Waals surface area contributed by atoms with E-state index in [2.05, 4.69) is 10.6 Å². The van der Waals surface area contributed by atoms with E-state index in [1.165, 1.54) is 4.90 Å². The van der Waals surface area contributed by atoms with Crippen LogP contribution in [0.15, 0.2) is 18.2 Å². The molecule has 11 nitrogen and oxygen atoms in total. The largest absolute Gasteiger partial charge is 0.382 e. The molecule has 188 valence electrons. The molecule has 11 heteroatoms. The van der Waals surface area contributed by atoms with Crippen LogP contribution in [0, 0.1) is 0 Å². The van der Waals surface area contributed by atoms with E-state index in [0.29, 0.717) is 64.7 Å². The highest BCUT2D eigenvalue weighted by Gasteiger charge is 2.39. The van der Waals surface area contributed by atoms with Crippen molar-refractivity contribution in [1.29, 1.82) is 0 Å². The zero-order valence-corrected chi connectivity index (χ0v) is 19.5. The van der Waals surface area contributed by atoms with E-state index in [4.69, 9.17) is 24.7 Å². The Hall–Kier alpha value is -2.57. The van der Waals surface area contributed by atoms with Gasteiger partial charge >= 0.3 is 0 Å². The van der Waals surface area contributed by atoms with Crippen LogP contribution in [0.25, 0.3) is 0 Å². The van der Waals surface area contributed by atoms with Gasteiger partial charge in [0.15, 0.2) is 0 Å². The molecule has 0 radical (unpaired) electrons. The Balaban J connectivity index is 1.37. The summed E-state index contributed by atoms with van der Waals surface area (Å²) in [5.41, 5.74) is 8.11. The van der Waals surface area contributed by atoms with Gasteiger partial charge in [-0.3, -0.25) is 19.7 Å². The minimum Gasteiger partial charge on any atom is -0.382 e. The Labute approximate surface area is 199 Å². The van der Waals surface area contributed by atoms with Crippen molar-refractivity contribution in [2.75, 3.05) is 58.1 Å². The first-order valence-corrected chi connectivity index (χ1v) is 11.6. The number of fused-ring (bicyclic) bond motifs is 1. The lowest BCUT2D eigenvalue weighted by atomic mass is 10.0. The van der Waals surface area contributed by atoms with Crippen LogP contribution in [0.5, 0.6) is 0 Å². The van der Waals surface area contributed by atoms with Crippen molar-refractivity contribution in [3.05, 3.63) is 29.3 Å². The number of carbonyl (C=O) groups excluding carboxylic acids is 3. The topological polar surface area (TPSA) is 141 Å². The molecule has 2 aliphatic heterocycles. The van der Waals surface area contributed by atoms with Crippen molar-refractivity contribution in [1.82, 2.24) is 10.2 Å². The number of amides is 3. The van der Waals surface area contributed by atoms with Gasteiger partial charge in [0.2, 0.25) is 11.8 Å². The van der Waals surface area contributed by atoms with E-state index in [1.807, 2.05) is 13.0 Å². The molecule has 3 rings (SSSR count). The number of piperidine rings is 1. The fourth-order valence-electron chi connectivity index (χ4n) is 3.88. The number of ether oxygens (including phenoxy) is 4. The average molecular weight is 479 g/mol. The molecule has 1 saturated heterocycles. The van der Waals surface area contributed by atoms with E-state index in [0.717, 1.165) is 11.3 Å². The van der Waals surface area contributed by atoms with Gasteiger partial charge in [0.05, 0.1) is 39.6 Å². The van der Waals surface area contributed by atoms with Crippen molar-refractivity contribution < 1.29 is 33.3 Å². The molecule has 2 aliphatic rings. The predicted octanol–water partition coefficient (Wildman–Crippen LogP) is 0.231. The molecule has 4 N–H and O–H groups in total. The number of nitrogens with one attached hydrogen (secondary N) is 2. The van der Waals surface area contributed by atoms with Crippen LogP contribution in [0.2, 0.25) is 0 Å². The number of carbonyl (C=O) groups is 3. The lowest BCUT2D eigenvalue weighted by Gasteiger charge is -2.29. The van der Waals surface area contributed by atoms with Gasteiger partial charge in [-0.1, -0.05) is 6.07 Å². The second-order valence-corrected chi connectivity index (χ2v) is 7.95. The molecule has 1 aromatic rings. The van der Waals surface area contributed by atoms with Gasteiger partial charge in [0.25, 0.3) is 5.91 Å². The second-order valence-electron chi connectivity index (χ2n) is 7.95. The SMILES string of the molecule is CCOCCOCCOCC(N)OCCNc1cccc2c1CN(C1CCC(=O)NC1=O)C2=O. The molecule has 0 saturated carbocycles. The molecule has 34 heavy (non-hydrogen) atoms. The number of imide groups is 1. The van der Waals surface area contributed by atoms with E-state index in [9.17, 15) is 14.4 Å². The van der Waals surface area contributed by atoms with Crippen molar-refractivity contribution in [2.24, 2.45) is 5.73 Å². The van der Waals surface area contributed by atoms with Crippen molar-refractivity contribution in [3.63, 3.8) is 0 Å². The minimum absolute atomic E-state index is 0.203. The second kappa shape index (κ2) is 13.4. The zero-order chi connectivity index (χ0) is 24.3. The summed E-state index contributed by atoms with van der Waals surface area (Å²) in [6.07, 6.45) is 0.000791. The monoisotopic (exact) mass is 478 g/mol. The van der Waals surface area contributed by atoms with Gasteiger partial charge in [0, 0.05) is 42.9 Å². The quantitative estimate of drug-likeness (QED) is 0.183. The Bertz CT molecular complexity index is 851. The minimum atomic E-state index is -0.637. The molecule has 1 aromatic carbocycles. The summed E-state index contributed by atoms with van der Waals surface area (Å²) < 4.78 is 21.6. The molecule has 0 bridgehead atoms. The smallest absolute Gasteiger partial charge is 0.255 e. The molecule has 3 amide bonds. The third-order valence-electron chi connectivity index (χ3n) is 5.56. The summed E-state index contributed by atoms with van der Waals surface area (Å²) in [5.74, 6) is -0.929. The first-order chi connectivity index (χ1) is 16.5. The van der Waals surface area contributed by atoms with Gasteiger partial charge in [-0.2, -0.15) is 0 Å². The van der Waals surface area contributed by atoms with Gasteiger partial charge in [-0.15, -0.1) is 0 Å². The molecule has 2 unspecified atom stereocenters. The lowest BCUT2D eigenvalue weighted by molar-refractivity contribution is -0.136. The van der Waals surface area contributed by atoms with Crippen molar-refractivity contribution in [3.8, 4) is 0 Å². The molecular weight excluding hydrogens is 444 g/mol. The number of rotatable bonds is 15. The molecular formula is C23H34N4O7. The number of hydrogen-bond donors (Lipinski definition) is 3. The summed E-state index contributed by atoms with van der Waals surface area (Å²) in [4.78, 5) is 38.1. The van der Waals surface area contributed by atoms with Gasteiger partial charge in [0.1, 0.15) is 12.3 Å². The van der Waals surface area contributed by atoms with Crippen LogP contribution in [0.4, 0.5) is 5.69 Å². The predicted molar refractivity (Wildman–Crippen MR) is 123 cm³/mol. The first kappa shape index (κ1) is 26.0. The van der Waals surface area contributed by atoms with E-state index < -0.39 is 18.2 Å². The van der Waals surface area contributed by atoms with Crippen LogP contribution in [0.1, 0.15) is 35.7 Å². The number of hydrogen-bond acceptors (Lipinski definition) is 9. The highest BCUT2D eigenvalue weighted by molar-refractivity contribution is 6.06. The number of anilines is 1. The molecule has 2 atom stereocenters. The Morgan fingerprint density at radius 3 is 2.65 bits per heavy atom. The van der Waals surface area contributed by atoms with Crippen LogP contribution in [0.3, 0.4) is 0 Å². The number of benzene rings is 1. The highest BCUT2D eigenvalue weighted by Crippen LogP contribution is 2.32. The summed E-state index contributed by atoms with van der Waals surface area (Å²) in [6.45, 7) is 6.00. The molecule has 2 heterocycles. The van der Waals surface area contributed by atoms with Crippen molar-refractivity contribution in [2.45, 2.75) is 38.6 Å². The molecule has 0 spiro atoms. The maximum absolute atomic E-state index is 12.9. The Morgan fingerprint density at radius 2 is 1.88 bits per heavy atom. The van der Waals surface area contributed by atoms with Gasteiger partial charge in [-0.05, 0) is 25.5 Å². The average Bonchev–Trinajstić information content (AvgIpc) is 3.15. The fraction of sp³-hybridized carbons (Fsp3) is 0.609. The molecule has 0 aliphatic carbocycles. The third-order valence-corrected chi connectivity index (χ3v) is 5.56. The summed E-state index contributed by atoms with van der Waals surface area (Å²) in [7, 11) is 0. The molecule has 1 fully saturated rings. The van der Waals surface area contributed by atoms with Crippen LogP contribution < -0.4 is 16.4 Å². The van der Waals surface area contributed by atoms with Crippen LogP contribution in [-0.2, 0) is 35.1 Å². The van der Waals surface area contributed by atoms with E-state index in [1.54, 1.807) is 12.1 Å². The standard InChI is InChI=1S/C23H34N4O7/c1-2-31-10-11-32-12-13-33-15-20(24)34-9-8-25-18-5-3-4-16-17(18)14-27(23(16)30)19-6-7-21(28)26-22(19)29/h3-5,19-20,25H,2,6-15,24H2,1H3,(H,26,28,29). The van der Waals surface area contributed by atoms with Gasteiger partial charge < -0.3 is 34.9 Å². The van der Waals surface area contributed by atoms with Crippen LogP contribution >= 0.6 is 0 Å². The Morgan fingerprint density at radius 1 is 1.12 bits per heavy atom. The fourth-order valence-corrected chi connectivity index (χ4v) is 3.88. The summed E-state index contributed by atoms with van der Waals surface area (Å²) in [5, 5.41) is 5.59. The number of nitrogens with zero attached hydrogens (tertiary/aromatic N) is 1. The maximum atomic E-state index is 12.9. The maximum Gasteiger partial charge on any atom is 0.255 e.